The first-order chi connectivity index (χ1) is 53.0. The Labute approximate surface area is 656 Å². The Morgan fingerprint density at radius 3 is 1.68 bits per heavy atom. The number of aliphatic hydroxyl groups excluding tert-OH is 1. The highest BCUT2D eigenvalue weighted by Gasteiger charge is 2.25. The van der Waals surface area contributed by atoms with Crippen LogP contribution in [0.5, 0.6) is 11.6 Å². The molecule has 3 aromatic heterocycles. The lowest BCUT2D eigenvalue weighted by Crippen LogP contribution is -2.08. The average molecular weight is 1750 g/mol. The van der Waals surface area contributed by atoms with Crippen LogP contribution in [0, 0.1) is 35.3 Å². The van der Waals surface area contributed by atoms with Gasteiger partial charge >= 0.3 is 21.2 Å². The van der Waals surface area contributed by atoms with Crippen molar-refractivity contribution in [3.8, 4) is 17.7 Å². The van der Waals surface area contributed by atoms with E-state index in [2.05, 4.69) is 77.6 Å². The van der Waals surface area contributed by atoms with E-state index < -0.39 is 121 Å². The van der Waals surface area contributed by atoms with Gasteiger partial charge in [0, 0.05) is 45.0 Å². The maximum Gasteiger partial charge on any atom is 0.425 e. The number of ether oxygens (including phenoxy) is 1. The number of benzene rings is 6. The Morgan fingerprint density at radius 1 is 0.584 bits per heavy atom. The van der Waals surface area contributed by atoms with E-state index in [1.807, 2.05) is 0 Å². The zero-order valence-corrected chi connectivity index (χ0v) is 66.1. The van der Waals surface area contributed by atoms with Crippen LogP contribution in [0.1, 0.15) is 48.4 Å². The number of aromatic hydroxyl groups is 1. The Balaban J connectivity index is 0.00000211. The summed E-state index contributed by atoms with van der Waals surface area (Å²) in [5.74, 6) is -2.92. The molecule has 0 spiro atoms. The molecule has 9 rings (SSSR count). The summed E-state index contributed by atoms with van der Waals surface area (Å²) in [5.41, 5.74) is 1.05. The molecule has 9 N–H and O–H groups in total. The van der Waals surface area contributed by atoms with Crippen molar-refractivity contribution in [3.05, 3.63) is 135 Å². The van der Waals surface area contributed by atoms with Crippen LogP contribution in [0.2, 0.25) is 0 Å². The highest BCUT2D eigenvalue weighted by molar-refractivity contribution is 8.00. The van der Waals surface area contributed by atoms with Gasteiger partial charge in [-0.25, -0.2) is 4.98 Å². The standard InChI is InChI=1S/C60H59N17O20S8.2O3S/c1-4-39-40(33-61)56-63-41-13-5-6-14-50(41)76(56)57(79)55(39)75-72-47-25-34(2)43(30-51(47)97-18-8-22-101(82,83)84)69-74-49-29-45(64-59-65-58(66-60(67-59)100-21-17-78)62-36-11-7-12-38(27-36)104(91,92)93)46(32-53(49)99-20-10-24-103(88,89)90)71-73-48-26-35(3)44(31-52(48)98-19-9-23-102(85,86)87)70-68-42-16-15-37(77(80)81)28-54(42)105(94,95)96;2*1-4(2)3/h5-7,11-16,25-32,78-79H,4,8-10,17-24H2,1-3H3,(H,82,83,84)(H,85,86,87)(H,88,89,90)(H,91,92,93)(H,94,95,96)(H2,62,64,65,66,67);;. The summed E-state index contributed by atoms with van der Waals surface area (Å²) in [5, 5.41) is 85.1. The summed E-state index contributed by atoms with van der Waals surface area (Å²) >= 11 is 2.98. The molecule has 6 aromatic carbocycles. The van der Waals surface area contributed by atoms with E-state index in [9.17, 15) is 90.4 Å². The molecule has 0 unspecified atom stereocenters. The molecule has 53 heteroatoms. The maximum atomic E-state index is 12.4. The van der Waals surface area contributed by atoms with Crippen molar-refractivity contribution >= 4 is 198 Å². The Morgan fingerprint density at radius 2 is 1.12 bits per heavy atom. The van der Waals surface area contributed by atoms with Crippen molar-refractivity contribution in [1.29, 1.82) is 5.26 Å². The summed E-state index contributed by atoms with van der Waals surface area (Å²) in [6.45, 7) is 4.21. The molecular weight excluding hydrogens is 1700 g/mol. The van der Waals surface area contributed by atoms with E-state index >= 15 is 0 Å². The number of aliphatic hydroxyl groups is 1. The topological polar surface area (TPSA) is 670 Å². The fraction of sp³-hybridized carbons (Fsp3) is 0.250. The van der Waals surface area contributed by atoms with Crippen molar-refractivity contribution in [2.45, 2.75) is 71.2 Å². The third-order valence-electron chi connectivity index (χ3n) is 14.4. The van der Waals surface area contributed by atoms with Gasteiger partial charge in [0.2, 0.25) is 17.8 Å². The number of non-ortho nitro benzene ring substituents is 1. The third-order valence-corrected chi connectivity index (χ3v) is 21.6. The van der Waals surface area contributed by atoms with Crippen LogP contribution in [0.15, 0.2) is 169 Å². The molecule has 43 nitrogen and oxygen atoms in total. The van der Waals surface area contributed by atoms with Crippen LogP contribution >= 0.6 is 35.3 Å². The lowest BCUT2D eigenvalue weighted by atomic mass is 10.1. The lowest BCUT2D eigenvalue weighted by molar-refractivity contribution is -0.385. The number of nitrogens with zero attached hydrogens (tertiary/aromatic N) is 15. The molecule has 9 aromatic rings. The van der Waals surface area contributed by atoms with E-state index in [-0.39, 0.29) is 157 Å². The SMILES string of the molecule is CCc1c(N=Nc2cc(C)c(N=Nc3cc(Nc4nc(Nc5cccc(S(=O)(=O)O)c5)nc(SCCO)n4)c(N=Nc4cc(C)c(N=Nc5ccc([N+](=O)[O-])cc5S(=O)(=O)O)cc4SCCCS(=O)(=O)O)cc3SCCCS(=O)(=O)O)cc2OCCCS(=O)(=O)O)c(O)n2c(nc3ccccc32)c1C#N.O=S(=O)=O.O=S(=O)=O. The second-order valence-electron chi connectivity index (χ2n) is 22.4. The summed E-state index contributed by atoms with van der Waals surface area (Å²) in [4.78, 5) is 27.7. The van der Waals surface area contributed by atoms with Crippen LogP contribution in [0.3, 0.4) is 0 Å². The number of nitrogens with one attached hydrogen (secondary N) is 2. The number of nitriles is 1. The lowest BCUT2D eigenvalue weighted by Gasteiger charge is -2.14. The molecule has 0 aliphatic heterocycles. The number of nitro groups is 1. The number of anilines is 4. The predicted octanol–water partition coefficient (Wildman–Crippen LogP) is 11.5. The van der Waals surface area contributed by atoms with Crippen LogP contribution in [0.25, 0.3) is 16.7 Å². The summed E-state index contributed by atoms with van der Waals surface area (Å²) in [7, 11) is -29.4. The van der Waals surface area contributed by atoms with Crippen molar-refractivity contribution in [2.75, 3.05) is 58.4 Å². The molecule has 0 fully saturated rings. The van der Waals surface area contributed by atoms with Gasteiger partial charge in [-0.1, -0.05) is 36.9 Å². The van der Waals surface area contributed by atoms with Crippen LogP contribution in [-0.2, 0) is 78.2 Å². The molecular formula is C60H59N17O26S10. The van der Waals surface area contributed by atoms with Gasteiger partial charge in [-0.15, -0.1) is 79.5 Å². The van der Waals surface area contributed by atoms with E-state index in [1.165, 1.54) is 59.9 Å². The first kappa shape index (κ1) is 89.8. The number of azo groups is 4. The first-order valence-electron chi connectivity index (χ1n) is 31.4. The number of imidazole rings is 1. The van der Waals surface area contributed by atoms with Gasteiger partial charge in [0.25, 0.3) is 56.3 Å². The smallest absolute Gasteiger partial charge is 0.425 e. The molecule has 600 valence electrons. The van der Waals surface area contributed by atoms with Gasteiger partial charge in [-0.2, -0.15) is 72.5 Å². The van der Waals surface area contributed by atoms with Crippen molar-refractivity contribution in [1.82, 2.24) is 24.3 Å². The number of aryl methyl sites for hydroxylation is 2. The minimum Gasteiger partial charge on any atom is -0.493 e. The number of fused-ring (bicyclic) bond motifs is 3. The van der Waals surface area contributed by atoms with Crippen molar-refractivity contribution < 1.29 is 110 Å². The first-order valence-corrected chi connectivity index (χ1v) is 44.1. The molecule has 0 saturated heterocycles. The van der Waals surface area contributed by atoms with E-state index in [0.717, 1.165) is 59.6 Å². The van der Waals surface area contributed by atoms with E-state index in [1.54, 1.807) is 38.1 Å². The number of hydrogen-bond donors (Lipinski definition) is 9. The number of hydrogen-bond acceptors (Lipinski definition) is 39. The quantitative estimate of drug-likeness (QED) is 0.00452. The Bertz CT molecular complexity index is 6140. The van der Waals surface area contributed by atoms with Gasteiger partial charge in [0.15, 0.2) is 16.5 Å². The van der Waals surface area contributed by atoms with Crippen LogP contribution in [-0.4, -0.2) is 177 Å². The number of pyridine rings is 1. The normalized spacial score (nSPS) is 12.1. The molecule has 0 radical (unpaired) electrons. The average Bonchev–Trinajstić information content (AvgIpc) is 1.60. The number of aromatic nitrogens is 5. The predicted molar refractivity (Wildman–Crippen MR) is 407 cm³/mol. The molecule has 0 saturated carbocycles. The molecule has 3 heterocycles. The molecule has 0 amide bonds. The Kier molecular flexibility index (Phi) is 31.7. The Hall–Kier alpha value is -10.4. The van der Waals surface area contributed by atoms with Gasteiger partial charge in [0.1, 0.15) is 45.0 Å². The van der Waals surface area contributed by atoms with E-state index in [0.29, 0.717) is 28.2 Å². The summed E-state index contributed by atoms with van der Waals surface area (Å²) < 4.78 is 227. The van der Waals surface area contributed by atoms with Gasteiger partial charge in [-0.3, -0.25) is 37.3 Å². The fourth-order valence-electron chi connectivity index (χ4n) is 9.59. The largest absolute Gasteiger partial charge is 0.493 e. The van der Waals surface area contributed by atoms with Gasteiger partial charge in [-0.05, 0) is 129 Å². The summed E-state index contributed by atoms with van der Waals surface area (Å²) in [6, 6.07) is 25.0. The molecule has 0 aliphatic carbocycles. The molecule has 0 aliphatic rings. The number of rotatable bonds is 34. The molecule has 0 atom stereocenters. The van der Waals surface area contributed by atoms with Gasteiger partial charge in [0.05, 0.1) is 74.1 Å². The number of nitro benzene ring substituents is 1. The van der Waals surface area contributed by atoms with Crippen molar-refractivity contribution in [2.24, 2.45) is 40.9 Å². The summed E-state index contributed by atoms with van der Waals surface area (Å²) in [6.07, 6.45) is -0.273. The molecule has 113 heavy (non-hydrogen) atoms. The highest BCUT2D eigenvalue weighted by atomic mass is 32.2. The number of para-hydroxylation sites is 2. The zero-order valence-electron chi connectivity index (χ0n) is 58.0. The maximum absolute atomic E-state index is 12.4. The van der Waals surface area contributed by atoms with Crippen molar-refractivity contribution in [3.63, 3.8) is 0 Å². The minimum atomic E-state index is -5.11. The van der Waals surface area contributed by atoms with Crippen LogP contribution in [0.4, 0.5) is 74.5 Å². The fourth-order valence-corrected chi connectivity index (χ4v) is 15.1. The second kappa shape index (κ2) is 39.8. The molecule has 0 bridgehead atoms. The highest BCUT2D eigenvalue weighted by Crippen LogP contribution is 2.46. The van der Waals surface area contributed by atoms with E-state index in [4.69, 9.17) is 30.0 Å². The minimum absolute atomic E-state index is 0.000465. The van der Waals surface area contributed by atoms with Crippen LogP contribution < -0.4 is 15.4 Å². The third kappa shape index (κ3) is 27.4. The zero-order chi connectivity index (χ0) is 83.3. The van der Waals surface area contributed by atoms with Gasteiger partial charge < -0.3 is 25.6 Å². The number of thioether (sulfide) groups is 3. The monoisotopic (exact) mass is 1750 g/mol. The second-order valence-corrected chi connectivity index (χ2v) is 34.1.